The standard InChI is InChI=1S/C8H7IN2O/c9-8(11)12-7(10)6-4-2-1-3-5-6/h1-5,10-11H. The van der Waals surface area contributed by atoms with E-state index in [2.05, 4.69) is 0 Å². The molecule has 0 amide bonds. The minimum atomic E-state index is 0.00135. The van der Waals surface area contributed by atoms with Crippen LogP contribution in [0.2, 0.25) is 0 Å². The van der Waals surface area contributed by atoms with Crippen molar-refractivity contribution in [1.29, 1.82) is 10.8 Å². The van der Waals surface area contributed by atoms with Crippen molar-refractivity contribution in [3.63, 3.8) is 0 Å². The molecule has 3 nitrogen and oxygen atoms in total. The molecule has 0 radical (unpaired) electrons. The number of hydrogen-bond donors (Lipinski definition) is 2. The average Bonchev–Trinajstić information content (AvgIpc) is 2.05. The fourth-order valence-electron chi connectivity index (χ4n) is 0.738. The first kappa shape index (κ1) is 9.18. The van der Waals surface area contributed by atoms with Crippen LogP contribution in [-0.2, 0) is 4.74 Å². The number of halogens is 1. The van der Waals surface area contributed by atoms with E-state index in [0.717, 1.165) is 0 Å². The zero-order valence-electron chi connectivity index (χ0n) is 6.17. The number of nitrogens with one attached hydrogen (secondary N) is 2. The van der Waals surface area contributed by atoms with Crippen LogP contribution in [0.15, 0.2) is 30.3 Å². The van der Waals surface area contributed by atoms with Crippen LogP contribution >= 0.6 is 22.6 Å². The third kappa shape index (κ3) is 2.61. The first-order valence-corrected chi connectivity index (χ1v) is 4.34. The molecule has 0 unspecified atom stereocenters. The topological polar surface area (TPSA) is 56.9 Å². The molecule has 0 saturated carbocycles. The Hall–Kier alpha value is -0.910. The lowest BCUT2D eigenvalue weighted by atomic mass is 10.2. The summed E-state index contributed by atoms with van der Waals surface area (Å²) in [5.74, 6) is 0.00926. The van der Waals surface area contributed by atoms with Crippen LogP contribution in [0.4, 0.5) is 0 Å². The molecular formula is C8H7IN2O. The van der Waals surface area contributed by atoms with Crippen LogP contribution in [0.3, 0.4) is 0 Å². The van der Waals surface area contributed by atoms with Gasteiger partial charge in [-0.3, -0.25) is 10.8 Å². The molecule has 0 aliphatic heterocycles. The van der Waals surface area contributed by atoms with Crippen molar-refractivity contribution in [3.8, 4) is 0 Å². The Kier molecular flexibility index (Phi) is 3.21. The Labute approximate surface area is 83.9 Å². The van der Waals surface area contributed by atoms with Gasteiger partial charge in [-0.2, -0.15) is 0 Å². The average molecular weight is 274 g/mol. The zero-order chi connectivity index (χ0) is 8.97. The van der Waals surface area contributed by atoms with Gasteiger partial charge in [0.15, 0.2) is 0 Å². The SMILES string of the molecule is N=C(I)OC(=N)c1ccccc1. The predicted molar refractivity (Wildman–Crippen MR) is 56.1 cm³/mol. The Morgan fingerprint density at radius 3 is 2.25 bits per heavy atom. The first-order chi connectivity index (χ1) is 5.70. The molecule has 62 valence electrons. The summed E-state index contributed by atoms with van der Waals surface area (Å²) in [6.45, 7) is 0. The molecule has 1 rings (SSSR count). The zero-order valence-corrected chi connectivity index (χ0v) is 8.33. The molecule has 0 atom stereocenters. The number of benzene rings is 1. The molecule has 0 bridgehead atoms. The maximum Gasteiger partial charge on any atom is 0.251 e. The van der Waals surface area contributed by atoms with Gasteiger partial charge in [0.2, 0.25) is 5.90 Å². The van der Waals surface area contributed by atoms with Gasteiger partial charge >= 0.3 is 0 Å². The van der Waals surface area contributed by atoms with E-state index < -0.39 is 0 Å². The fourth-order valence-corrected chi connectivity index (χ4v) is 0.958. The lowest BCUT2D eigenvalue weighted by Gasteiger charge is -2.02. The van der Waals surface area contributed by atoms with Gasteiger partial charge < -0.3 is 4.74 Å². The predicted octanol–water partition coefficient (Wildman–Crippen LogP) is 2.40. The third-order valence-electron chi connectivity index (χ3n) is 1.23. The summed E-state index contributed by atoms with van der Waals surface area (Å²) in [4.78, 5) is 0. The second-order valence-corrected chi connectivity index (χ2v) is 3.05. The molecular weight excluding hydrogens is 267 g/mol. The van der Waals surface area contributed by atoms with E-state index in [1.165, 1.54) is 0 Å². The normalized spacial score (nSPS) is 9.08. The largest absolute Gasteiger partial charge is 0.416 e. The molecule has 0 aromatic heterocycles. The molecule has 0 fully saturated rings. The quantitative estimate of drug-likeness (QED) is 0.461. The van der Waals surface area contributed by atoms with Crippen LogP contribution in [-0.4, -0.2) is 9.80 Å². The van der Waals surface area contributed by atoms with Crippen LogP contribution in [0, 0.1) is 10.8 Å². The lowest BCUT2D eigenvalue weighted by molar-refractivity contribution is 0.557. The molecule has 2 N–H and O–H groups in total. The van der Waals surface area contributed by atoms with Gasteiger partial charge in [-0.25, -0.2) is 0 Å². The minimum absolute atomic E-state index is 0.00135. The van der Waals surface area contributed by atoms with Crippen molar-refractivity contribution >= 4 is 32.4 Å². The van der Waals surface area contributed by atoms with Crippen molar-refractivity contribution in [2.45, 2.75) is 0 Å². The maximum atomic E-state index is 7.39. The van der Waals surface area contributed by atoms with E-state index in [0.29, 0.717) is 5.56 Å². The number of hydrogen-bond acceptors (Lipinski definition) is 3. The van der Waals surface area contributed by atoms with Crippen LogP contribution in [0.25, 0.3) is 0 Å². The van der Waals surface area contributed by atoms with E-state index in [9.17, 15) is 0 Å². The van der Waals surface area contributed by atoms with Gasteiger partial charge in [-0.05, 0) is 12.1 Å². The van der Waals surface area contributed by atoms with Gasteiger partial charge in [0.1, 0.15) is 0 Å². The number of ether oxygens (including phenoxy) is 1. The third-order valence-corrected chi connectivity index (χ3v) is 1.45. The summed E-state index contributed by atoms with van der Waals surface area (Å²) < 4.78 is 4.79. The monoisotopic (exact) mass is 274 g/mol. The summed E-state index contributed by atoms with van der Waals surface area (Å²) >= 11 is 1.70. The van der Waals surface area contributed by atoms with Crippen LogP contribution in [0.5, 0.6) is 0 Å². The minimum Gasteiger partial charge on any atom is -0.416 e. The molecule has 0 saturated heterocycles. The van der Waals surface area contributed by atoms with Gasteiger partial charge in [-0.1, -0.05) is 18.2 Å². The molecule has 1 aromatic carbocycles. The Morgan fingerprint density at radius 2 is 1.75 bits per heavy atom. The second-order valence-electron chi connectivity index (χ2n) is 2.07. The summed E-state index contributed by atoms with van der Waals surface area (Å²) in [5.41, 5.74) is 0.680. The van der Waals surface area contributed by atoms with E-state index >= 15 is 0 Å². The highest BCUT2D eigenvalue weighted by Gasteiger charge is 2.01. The highest BCUT2D eigenvalue weighted by molar-refractivity contribution is 14.1. The highest BCUT2D eigenvalue weighted by Crippen LogP contribution is 2.02. The summed E-state index contributed by atoms with van der Waals surface area (Å²) in [7, 11) is 0. The number of rotatable bonds is 1. The van der Waals surface area contributed by atoms with Crippen molar-refractivity contribution < 1.29 is 4.74 Å². The molecule has 0 spiro atoms. The van der Waals surface area contributed by atoms with Crippen molar-refractivity contribution in [2.24, 2.45) is 0 Å². The molecule has 0 aliphatic carbocycles. The van der Waals surface area contributed by atoms with Gasteiger partial charge in [0.05, 0.1) is 0 Å². The van der Waals surface area contributed by atoms with E-state index in [1.807, 2.05) is 18.2 Å². The molecule has 1 aromatic rings. The second kappa shape index (κ2) is 4.20. The van der Waals surface area contributed by atoms with Gasteiger partial charge in [0, 0.05) is 28.2 Å². The van der Waals surface area contributed by atoms with Crippen molar-refractivity contribution in [2.75, 3.05) is 0 Å². The van der Waals surface area contributed by atoms with Crippen LogP contribution in [0.1, 0.15) is 5.56 Å². The van der Waals surface area contributed by atoms with E-state index in [1.54, 1.807) is 34.7 Å². The Bertz CT molecular complexity index is 297. The molecule has 4 heteroatoms. The first-order valence-electron chi connectivity index (χ1n) is 3.26. The Balaban J connectivity index is 2.73. The summed E-state index contributed by atoms with van der Waals surface area (Å²) in [6, 6.07) is 9.05. The van der Waals surface area contributed by atoms with Crippen molar-refractivity contribution in [1.82, 2.24) is 0 Å². The van der Waals surface area contributed by atoms with E-state index in [4.69, 9.17) is 15.6 Å². The molecule has 0 heterocycles. The van der Waals surface area contributed by atoms with E-state index in [-0.39, 0.29) is 9.80 Å². The van der Waals surface area contributed by atoms with Crippen LogP contribution < -0.4 is 0 Å². The van der Waals surface area contributed by atoms with Gasteiger partial charge in [-0.15, -0.1) is 0 Å². The fraction of sp³-hybridized carbons (Fsp3) is 0. The summed E-state index contributed by atoms with van der Waals surface area (Å²) in [6.07, 6.45) is 0. The highest BCUT2D eigenvalue weighted by atomic mass is 127. The van der Waals surface area contributed by atoms with Crippen molar-refractivity contribution in [3.05, 3.63) is 35.9 Å². The summed E-state index contributed by atoms with van der Waals surface area (Å²) in [5, 5.41) is 14.4. The molecule has 12 heavy (non-hydrogen) atoms. The molecule has 0 aliphatic rings. The van der Waals surface area contributed by atoms with Gasteiger partial charge in [0.25, 0.3) is 3.90 Å². The lowest BCUT2D eigenvalue weighted by Crippen LogP contribution is -2.06. The Morgan fingerprint density at radius 1 is 1.17 bits per heavy atom. The smallest absolute Gasteiger partial charge is 0.251 e. The maximum absolute atomic E-state index is 7.39.